The average molecular weight is 338 g/mol. The van der Waals surface area contributed by atoms with E-state index < -0.39 is 0 Å². The van der Waals surface area contributed by atoms with Crippen LogP contribution in [0.2, 0.25) is 10.0 Å². The lowest BCUT2D eigenvalue weighted by Crippen LogP contribution is -2.30. The van der Waals surface area contributed by atoms with Crippen molar-refractivity contribution < 1.29 is 4.79 Å². The van der Waals surface area contributed by atoms with Gasteiger partial charge in [0.2, 0.25) is 0 Å². The molecule has 0 aromatic heterocycles. The summed E-state index contributed by atoms with van der Waals surface area (Å²) in [5.41, 5.74) is 1.68. The largest absolute Gasteiger partial charge is 0.322 e. The van der Waals surface area contributed by atoms with Crippen LogP contribution in [0.4, 0.5) is 0 Å². The minimum Gasteiger partial charge on any atom is -0.322 e. The van der Waals surface area contributed by atoms with Gasteiger partial charge in [-0.05, 0) is 35.9 Å². The van der Waals surface area contributed by atoms with Gasteiger partial charge in [0.05, 0.1) is 0 Å². The number of benzene rings is 2. The van der Waals surface area contributed by atoms with Crippen LogP contribution in [0, 0.1) is 0 Å². The average Bonchev–Trinajstić information content (AvgIpc) is 2.96. The van der Waals surface area contributed by atoms with E-state index in [1.54, 1.807) is 36.0 Å². The first-order valence-electron chi connectivity index (χ1n) is 6.59. The van der Waals surface area contributed by atoms with Gasteiger partial charge < -0.3 is 4.90 Å². The van der Waals surface area contributed by atoms with Crippen molar-refractivity contribution in [1.82, 2.24) is 4.90 Å². The van der Waals surface area contributed by atoms with Crippen molar-refractivity contribution in [3.63, 3.8) is 0 Å². The predicted octanol–water partition coefficient (Wildman–Crippen LogP) is 4.88. The molecule has 3 rings (SSSR count). The number of halogens is 2. The molecule has 0 spiro atoms. The third kappa shape index (κ3) is 3.20. The molecule has 0 bridgehead atoms. The van der Waals surface area contributed by atoms with Crippen LogP contribution in [0.1, 0.15) is 21.3 Å². The zero-order valence-electron chi connectivity index (χ0n) is 11.1. The lowest BCUT2D eigenvalue weighted by molar-refractivity contribution is 0.0760. The Morgan fingerprint density at radius 1 is 1.10 bits per heavy atom. The summed E-state index contributed by atoms with van der Waals surface area (Å²) in [7, 11) is 0. The normalized spacial score (nSPS) is 18.0. The molecule has 0 aliphatic carbocycles. The molecule has 1 unspecified atom stereocenters. The lowest BCUT2D eigenvalue weighted by atomic mass is 10.1. The van der Waals surface area contributed by atoms with Gasteiger partial charge in [0.1, 0.15) is 5.37 Å². The van der Waals surface area contributed by atoms with Gasteiger partial charge in [-0.1, -0.05) is 41.4 Å². The van der Waals surface area contributed by atoms with Gasteiger partial charge in [-0.2, -0.15) is 0 Å². The number of rotatable bonds is 2. The summed E-state index contributed by atoms with van der Waals surface area (Å²) in [6, 6.07) is 14.8. The number of hydrogen-bond acceptors (Lipinski definition) is 2. The first-order valence-corrected chi connectivity index (χ1v) is 8.39. The van der Waals surface area contributed by atoms with Crippen LogP contribution in [0.5, 0.6) is 0 Å². The summed E-state index contributed by atoms with van der Waals surface area (Å²) >= 11 is 13.8. The third-order valence-corrected chi connectivity index (χ3v) is 5.09. The summed E-state index contributed by atoms with van der Waals surface area (Å²) in [5.74, 6) is 0.927. The minimum atomic E-state index is 0.00692. The molecule has 1 fully saturated rings. The van der Waals surface area contributed by atoms with Crippen LogP contribution in [0.15, 0.2) is 48.5 Å². The molecule has 1 aliphatic heterocycles. The maximum Gasteiger partial charge on any atom is 0.255 e. The molecule has 1 heterocycles. The topological polar surface area (TPSA) is 20.3 Å². The highest BCUT2D eigenvalue weighted by atomic mass is 35.5. The van der Waals surface area contributed by atoms with Crippen LogP contribution in [0.3, 0.4) is 0 Å². The quantitative estimate of drug-likeness (QED) is 0.778. The van der Waals surface area contributed by atoms with Gasteiger partial charge in [0.15, 0.2) is 0 Å². The number of thioether (sulfide) groups is 1. The molecule has 1 amide bonds. The Labute approximate surface area is 138 Å². The fraction of sp³-hybridized carbons (Fsp3) is 0.188. The molecule has 21 heavy (non-hydrogen) atoms. The first-order chi connectivity index (χ1) is 10.1. The SMILES string of the molecule is O=C(c1cccc(Cl)c1)N1CCSC1c1cccc(Cl)c1. The van der Waals surface area contributed by atoms with Crippen molar-refractivity contribution in [2.24, 2.45) is 0 Å². The third-order valence-electron chi connectivity index (χ3n) is 3.36. The Kier molecular flexibility index (Phi) is 4.43. The molecule has 0 saturated carbocycles. The highest BCUT2D eigenvalue weighted by Crippen LogP contribution is 2.39. The van der Waals surface area contributed by atoms with E-state index >= 15 is 0 Å². The van der Waals surface area contributed by atoms with E-state index in [4.69, 9.17) is 23.2 Å². The molecule has 1 aliphatic rings. The maximum absolute atomic E-state index is 12.7. The van der Waals surface area contributed by atoms with E-state index in [1.165, 1.54) is 0 Å². The summed E-state index contributed by atoms with van der Waals surface area (Å²) in [6.07, 6.45) is 0. The molecule has 1 saturated heterocycles. The summed E-state index contributed by atoms with van der Waals surface area (Å²) in [5, 5.41) is 1.28. The Bertz CT molecular complexity index is 677. The second kappa shape index (κ2) is 6.30. The van der Waals surface area contributed by atoms with Gasteiger partial charge in [-0.15, -0.1) is 11.8 Å². The van der Waals surface area contributed by atoms with E-state index in [1.807, 2.05) is 29.2 Å². The van der Waals surface area contributed by atoms with Crippen molar-refractivity contribution in [2.75, 3.05) is 12.3 Å². The van der Waals surface area contributed by atoms with Crippen molar-refractivity contribution >= 4 is 40.9 Å². The standard InChI is InChI=1S/C16H13Cl2NOS/c17-13-5-1-3-11(9-13)15(20)19-7-8-21-16(19)12-4-2-6-14(18)10-12/h1-6,9-10,16H,7-8H2. The highest BCUT2D eigenvalue weighted by Gasteiger charge is 2.31. The Hall–Kier alpha value is -1.16. The Morgan fingerprint density at radius 3 is 2.52 bits per heavy atom. The highest BCUT2D eigenvalue weighted by molar-refractivity contribution is 7.99. The van der Waals surface area contributed by atoms with Gasteiger partial charge >= 0.3 is 0 Å². The number of carbonyl (C=O) groups excluding carboxylic acids is 1. The molecule has 108 valence electrons. The fourth-order valence-electron chi connectivity index (χ4n) is 2.40. The molecule has 2 nitrogen and oxygen atoms in total. The van der Waals surface area contributed by atoms with Crippen LogP contribution >= 0.6 is 35.0 Å². The smallest absolute Gasteiger partial charge is 0.255 e. The second-order valence-electron chi connectivity index (χ2n) is 4.79. The van der Waals surface area contributed by atoms with Crippen LogP contribution in [-0.4, -0.2) is 23.1 Å². The van der Waals surface area contributed by atoms with Crippen LogP contribution in [-0.2, 0) is 0 Å². The molecule has 2 aromatic rings. The van der Waals surface area contributed by atoms with E-state index in [9.17, 15) is 4.79 Å². The van der Waals surface area contributed by atoms with Gasteiger partial charge in [-0.3, -0.25) is 4.79 Å². The van der Waals surface area contributed by atoms with Crippen molar-refractivity contribution in [3.05, 3.63) is 69.7 Å². The number of hydrogen-bond donors (Lipinski definition) is 0. The second-order valence-corrected chi connectivity index (χ2v) is 6.85. The van der Waals surface area contributed by atoms with Crippen molar-refractivity contribution in [2.45, 2.75) is 5.37 Å². The maximum atomic E-state index is 12.7. The fourth-order valence-corrected chi connectivity index (χ4v) is 4.04. The first kappa shape index (κ1) is 14.8. The van der Waals surface area contributed by atoms with E-state index in [0.717, 1.165) is 17.9 Å². The van der Waals surface area contributed by atoms with E-state index in [-0.39, 0.29) is 11.3 Å². The summed E-state index contributed by atoms with van der Waals surface area (Å²) in [6.45, 7) is 0.729. The number of nitrogens with zero attached hydrogens (tertiary/aromatic N) is 1. The van der Waals surface area contributed by atoms with Crippen molar-refractivity contribution in [1.29, 1.82) is 0 Å². The Morgan fingerprint density at radius 2 is 1.81 bits per heavy atom. The molecule has 0 N–H and O–H groups in total. The van der Waals surface area contributed by atoms with Crippen LogP contribution < -0.4 is 0 Å². The summed E-state index contributed by atoms with van der Waals surface area (Å²) in [4.78, 5) is 14.6. The molecule has 5 heteroatoms. The monoisotopic (exact) mass is 337 g/mol. The molecule has 2 aromatic carbocycles. The van der Waals surface area contributed by atoms with E-state index in [0.29, 0.717) is 15.6 Å². The van der Waals surface area contributed by atoms with Gasteiger partial charge in [0, 0.05) is 27.9 Å². The zero-order valence-corrected chi connectivity index (χ0v) is 13.5. The number of carbonyl (C=O) groups is 1. The molecular weight excluding hydrogens is 325 g/mol. The molecular formula is C16H13Cl2NOS. The lowest BCUT2D eigenvalue weighted by Gasteiger charge is -2.24. The number of amides is 1. The molecule has 1 atom stereocenters. The predicted molar refractivity (Wildman–Crippen MR) is 89.1 cm³/mol. The Balaban J connectivity index is 1.89. The zero-order chi connectivity index (χ0) is 14.8. The minimum absolute atomic E-state index is 0.00692. The van der Waals surface area contributed by atoms with Gasteiger partial charge in [0.25, 0.3) is 5.91 Å². The van der Waals surface area contributed by atoms with Gasteiger partial charge in [-0.25, -0.2) is 0 Å². The summed E-state index contributed by atoms with van der Waals surface area (Å²) < 4.78 is 0. The van der Waals surface area contributed by atoms with Crippen molar-refractivity contribution in [3.8, 4) is 0 Å². The molecule has 0 radical (unpaired) electrons. The van der Waals surface area contributed by atoms with E-state index in [2.05, 4.69) is 0 Å². The van der Waals surface area contributed by atoms with Crippen LogP contribution in [0.25, 0.3) is 0 Å².